The number of para-hydroxylation sites is 1. The number of benzene rings is 5. The molecule has 0 N–H and O–H groups in total. The molecule has 0 aliphatic heterocycles. The van der Waals surface area contributed by atoms with Crippen LogP contribution in [0.1, 0.15) is 61.8 Å². The number of hydrogen-bond acceptors (Lipinski definition) is 2. The van der Waals surface area contributed by atoms with Gasteiger partial charge in [0.1, 0.15) is 0 Å². The highest BCUT2D eigenvalue weighted by atomic mass is 15.2. The summed E-state index contributed by atoms with van der Waals surface area (Å²) >= 11 is 0. The first-order valence-electron chi connectivity index (χ1n) is 17.3. The van der Waals surface area contributed by atoms with Gasteiger partial charge in [0, 0.05) is 60.1 Å². The molecule has 0 bridgehead atoms. The molecule has 3 heteroatoms. The molecule has 2 atom stereocenters. The Morgan fingerprint density at radius 2 is 1.15 bits per heavy atom. The third-order valence-corrected chi connectivity index (χ3v) is 9.81. The Hall–Kier alpha value is -4.76. The lowest BCUT2D eigenvalue weighted by atomic mass is 9.79. The van der Waals surface area contributed by atoms with E-state index in [0.29, 0.717) is 0 Å². The zero-order valence-corrected chi connectivity index (χ0v) is 28.9. The lowest BCUT2D eigenvalue weighted by Gasteiger charge is -2.39. The highest BCUT2D eigenvalue weighted by molar-refractivity contribution is 5.93. The summed E-state index contributed by atoms with van der Waals surface area (Å²) in [5, 5.41) is 1.33. The maximum Gasteiger partial charge on any atom is 0.0528 e. The summed E-state index contributed by atoms with van der Waals surface area (Å²) in [6, 6.07) is 47.7. The van der Waals surface area contributed by atoms with Crippen LogP contribution in [0.4, 0.5) is 17.1 Å². The van der Waals surface area contributed by atoms with Gasteiger partial charge in [-0.3, -0.25) is 0 Å². The van der Waals surface area contributed by atoms with Crippen LogP contribution in [0, 0.1) is 13.8 Å². The molecule has 0 saturated heterocycles. The molecular formula is C44H49N3. The topological polar surface area (TPSA) is 11.4 Å². The zero-order chi connectivity index (χ0) is 32.9. The van der Waals surface area contributed by atoms with Crippen molar-refractivity contribution in [1.29, 1.82) is 0 Å². The van der Waals surface area contributed by atoms with Gasteiger partial charge in [0.05, 0.1) is 5.69 Å². The highest BCUT2D eigenvalue weighted by Gasteiger charge is 2.34. The Morgan fingerprint density at radius 3 is 1.72 bits per heavy atom. The van der Waals surface area contributed by atoms with E-state index in [-0.39, 0.29) is 12.0 Å². The fourth-order valence-corrected chi connectivity index (χ4v) is 7.51. The van der Waals surface area contributed by atoms with Gasteiger partial charge in [-0.2, -0.15) is 0 Å². The average Bonchev–Trinajstić information content (AvgIpc) is 3.40. The molecule has 0 aliphatic carbocycles. The van der Waals surface area contributed by atoms with Gasteiger partial charge < -0.3 is 14.4 Å². The number of aromatic nitrogens is 1. The lowest BCUT2D eigenvalue weighted by molar-refractivity contribution is 0.502. The van der Waals surface area contributed by atoms with Crippen molar-refractivity contribution in [2.24, 2.45) is 7.05 Å². The number of fused-ring (bicyclic) bond motifs is 1. The molecule has 0 radical (unpaired) electrons. The van der Waals surface area contributed by atoms with Gasteiger partial charge in [-0.25, -0.2) is 0 Å². The van der Waals surface area contributed by atoms with Crippen LogP contribution < -0.4 is 9.80 Å². The first-order valence-corrected chi connectivity index (χ1v) is 17.3. The minimum atomic E-state index is 0.140. The molecule has 5 aromatic carbocycles. The van der Waals surface area contributed by atoms with Crippen molar-refractivity contribution in [3.05, 3.63) is 150 Å². The van der Waals surface area contributed by atoms with E-state index < -0.39 is 0 Å². The number of aryl methyl sites for hydroxylation is 3. The number of likely N-dealkylation sites (N-methyl/N-ethyl adjacent to an activating group) is 1. The molecule has 0 saturated carbocycles. The summed E-state index contributed by atoms with van der Waals surface area (Å²) in [4.78, 5) is 5.06. The number of nitrogens with zero attached hydrogens (tertiary/aromatic N) is 3. The maximum absolute atomic E-state index is 2.66. The molecule has 0 aliphatic rings. The number of rotatable bonds is 12. The second-order valence-electron chi connectivity index (χ2n) is 12.8. The van der Waals surface area contributed by atoms with E-state index in [1.807, 2.05) is 0 Å². The highest BCUT2D eigenvalue weighted by Crippen LogP contribution is 2.45. The van der Waals surface area contributed by atoms with E-state index in [1.165, 1.54) is 61.5 Å². The van der Waals surface area contributed by atoms with Crippen LogP contribution in [0.25, 0.3) is 22.2 Å². The van der Waals surface area contributed by atoms with E-state index in [0.717, 1.165) is 25.9 Å². The zero-order valence-electron chi connectivity index (χ0n) is 28.9. The van der Waals surface area contributed by atoms with E-state index in [9.17, 15) is 0 Å². The molecule has 47 heavy (non-hydrogen) atoms. The molecular weight excluding hydrogens is 571 g/mol. The standard InChI is InChI=1S/C44H49N3/c1-7-15-41(47(9-3)38-28-22-33(5)23-29-38)42(34-24-30-37(31-25-34)46(8-2)36-26-20-32(4)21-27-36)43-39-18-13-14-19-40(39)45(6)44(43)35-16-11-10-12-17-35/h10-14,16-31,41-42H,7-9,15H2,1-6H3/t41?,42-/m0/s1. The summed E-state index contributed by atoms with van der Waals surface area (Å²) < 4.78 is 2.42. The quantitative estimate of drug-likeness (QED) is 0.135. The van der Waals surface area contributed by atoms with Gasteiger partial charge in [-0.15, -0.1) is 0 Å². The predicted molar refractivity (Wildman–Crippen MR) is 203 cm³/mol. The van der Waals surface area contributed by atoms with Gasteiger partial charge in [0.15, 0.2) is 0 Å². The third kappa shape index (κ3) is 6.45. The minimum absolute atomic E-state index is 0.140. The van der Waals surface area contributed by atoms with Gasteiger partial charge in [0.25, 0.3) is 0 Å². The Balaban J connectivity index is 1.58. The van der Waals surface area contributed by atoms with Crippen molar-refractivity contribution in [2.75, 3.05) is 22.9 Å². The SMILES string of the molecule is CCCC([C@H](c1ccc(N(CC)c2ccc(C)cc2)cc1)c1c(-c2ccccc2)n(C)c2ccccc12)N(CC)c1ccc(C)cc1. The lowest BCUT2D eigenvalue weighted by Crippen LogP contribution is -2.40. The summed E-state index contributed by atoms with van der Waals surface area (Å²) in [6.07, 6.45) is 2.18. The molecule has 1 heterocycles. The van der Waals surface area contributed by atoms with Crippen LogP contribution in [-0.2, 0) is 7.05 Å². The largest absolute Gasteiger partial charge is 0.368 e. The number of anilines is 3. The van der Waals surface area contributed by atoms with Crippen LogP contribution in [0.2, 0.25) is 0 Å². The monoisotopic (exact) mass is 619 g/mol. The third-order valence-electron chi connectivity index (χ3n) is 9.81. The minimum Gasteiger partial charge on any atom is -0.368 e. The maximum atomic E-state index is 2.66. The smallest absolute Gasteiger partial charge is 0.0528 e. The van der Waals surface area contributed by atoms with Crippen molar-refractivity contribution < 1.29 is 0 Å². The average molecular weight is 620 g/mol. The normalized spacial score (nSPS) is 12.6. The van der Waals surface area contributed by atoms with Crippen molar-refractivity contribution in [2.45, 2.75) is 59.4 Å². The summed E-state index contributed by atoms with van der Waals surface area (Å²) in [5.41, 5.74) is 12.9. The Bertz CT molecular complexity index is 1880. The van der Waals surface area contributed by atoms with Crippen molar-refractivity contribution in [3.8, 4) is 11.3 Å². The molecule has 3 nitrogen and oxygen atoms in total. The molecule has 6 rings (SSSR count). The van der Waals surface area contributed by atoms with Crippen molar-refractivity contribution >= 4 is 28.0 Å². The fourth-order valence-electron chi connectivity index (χ4n) is 7.51. The van der Waals surface area contributed by atoms with E-state index in [1.54, 1.807) is 0 Å². The van der Waals surface area contributed by atoms with E-state index in [4.69, 9.17) is 0 Å². The van der Waals surface area contributed by atoms with Crippen LogP contribution in [0.5, 0.6) is 0 Å². The van der Waals surface area contributed by atoms with Gasteiger partial charge in [-0.1, -0.05) is 109 Å². The van der Waals surface area contributed by atoms with Crippen LogP contribution >= 0.6 is 0 Å². The van der Waals surface area contributed by atoms with Gasteiger partial charge in [-0.05, 0) is 93.3 Å². The molecule has 0 fully saturated rings. The van der Waals surface area contributed by atoms with Crippen LogP contribution in [0.3, 0.4) is 0 Å². The van der Waals surface area contributed by atoms with Crippen molar-refractivity contribution in [1.82, 2.24) is 4.57 Å². The van der Waals surface area contributed by atoms with Crippen molar-refractivity contribution in [3.63, 3.8) is 0 Å². The number of hydrogen-bond donors (Lipinski definition) is 0. The molecule has 6 aromatic rings. The molecule has 1 unspecified atom stereocenters. The Kier molecular flexibility index (Phi) is 9.82. The first-order chi connectivity index (χ1) is 22.9. The Labute approximate surface area is 282 Å². The van der Waals surface area contributed by atoms with Gasteiger partial charge >= 0.3 is 0 Å². The second-order valence-corrected chi connectivity index (χ2v) is 12.8. The van der Waals surface area contributed by atoms with Crippen LogP contribution in [-0.4, -0.2) is 23.7 Å². The van der Waals surface area contributed by atoms with Gasteiger partial charge in [0.2, 0.25) is 0 Å². The summed E-state index contributed by atoms with van der Waals surface area (Å²) in [6.45, 7) is 13.0. The molecule has 0 spiro atoms. The van der Waals surface area contributed by atoms with Crippen LogP contribution in [0.15, 0.2) is 127 Å². The summed E-state index contributed by atoms with van der Waals surface area (Å²) in [7, 11) is 2.24. The molecule has 240 valence electrons. The molecule has 1 aromatic heterocycles. The predicted octanol–water partition coefficient (Wildman–Crippen LogP) is 11.4. The summed E-state index contributed by atoms with van der Waals surface area (Å²) in [5.74, 6) is 0.140. The Morgan fingerprint density at radius 1 is 0.596 bits per heavy atom. The van der Waals surface area contributed by atoms with E-state index >= 15 is 0 Å². The van der Waals surface area contributed by atoms with E-state index in [2.05, 4.69) is 183 Å². The second kappa shape index (κ2) is 14.3. The first kappa shape index (κ1) is 32.2. The molecule has 0 amide bonds. The fraction of sp³-hybridized carbons (Fsp3) is 0.273.